The number of rotatable bonds is 6. The minimum absolute atomic E-state index is 0.759. The van der Waals surface area contributed by atoms with Crippen molar-refractivity contribution in [3.63, 3.8) is 0 Å². The fourth-order valence-electron chi connectivity index (χ4n) is 2.04. The van der Waals surface area contributed by atoms with E-state index < -0.39 is 0 Å². The molecule has 102 valence electrons. The van der Waals surface area contributed by atoms with E-state index in [1.54, 1.807) is 12.5 Å². The van der Waals surface area contributed by atoms with Crippen LogP contribution in [0.15, 0.2) is 41.2 Å². The Morgan fingerprint density at radius 2 is 2.16 bits per heavy atom. The van der Waals surface area contributed by atoms with Crippen LogP contribution in [0.4, 0.5) is 5.69 Å². The van der Waals surface area contributed by atoms with Crippen LogP contribution in [0, 0.1) is 0 Å². The molecule has 2 aromatic rings. The van der Waals surface area contributed by atoms with E-state index in [0.29, 0.717) is 0 Å². The summed E-state index contributed by atoms with van der Waals surface area (Å²) in [6, 6.07) is 7.99. The monoisotopic (exact) mass is 278 g/mol. The maximum Gasteiger partial charge on any atom is 0.0952 e. The summed E-state index contributed by atoms with van der Waals surface area (Å²) in [6.07, 6.45) is 3.46. The fourth-order valence-corrected chi connectivity index (χ4v) is 2.21. The fraction of sp³-hybridized carbons (Fsp3) is 0.333. The van der Waals surface area contributed by atoms with Crippen LogP contribution in [-0.2, 0) is 13.1 Å². The zero-order valence-electron chi connectivity index (χ0n) is 11.3. The van der Waals surface area contributed by atoms with Gasteiger partial charge in [0.05, 0.1) is 12.5 Å². The molecule has 0 aliphatic rings. The van der Waals surface area contributed by atoms with Crippen LogP contribution in [0.1, 0.15) is 18.1 Å². The molecule has 0 aliphatic carbocycles. The molecule has 0 bridgehead atoms. The molecule has 0 saturated carbocycles. The molecule has 1 aromatic heterocycles. The van der Waals surface area contributed by atoms with Crippen molar-refractivity contribution in [1.82, 2.24) is 5.32 Å². The van der Waals surface area contributed by atoms with Crippen molar-refractivity contribution in [2.24, 2.45) is 0 Å². The van der Waals surface area contributed by atoms with Crippen molar-refractivity contribution in [3.8, 4) is 0 Å². The summed E-state index contributed by atoms with van der Waals surface area (Å²) in [6.45, 7) is 4.70. The summed E-state index contributed by atoms with van der Waals surface area (Å²) in [4.78, 5) is 2.18. The number of hydrogen-bond acceptors (Lipinski definition) is 3. The van der Waals surface area contributed by atoms with Gasteiger partial charge in [0.15, 0.2) is 0 Å². The van der Waals surface area contributed by atoms with E-state index in [1.165, 1.54) is 5.56 Å². The minimum Gasteiger partial charge on any atom is -0.472 e. The molecule has 3 nitrogen and oxygen atoms in total. The Kier molecular flexibility index (Phi) is 4.88. The SMILES string of the molecule is CCNCc1ccc(Cl)cc1N(C)Cc1ccoc1. The van der Waals surface area contributed by atoms with Gasteiger partial charge in [-0.1, -0.05) is 24.6 Å². The summed E-state index contributed by atoms with van der Waals surface area (Å²) in [5.41, 5.74) is 3.55. The third-order valence-corrected chi connectivity index (χ3v) is 3.26. The van der Waals surface area contributed by atoms with Gasteiger partial charge in [-0.05, 0) is 30.3 Å². The van der Waals surface area contributed by atoms with Crippen LogP contribution >= 0.6 is 11.6 Å². The highest BCUT2D eigenvalue weighted by molar-refractivity contribution is 6.30. The highest BCUT2D eigenvalue weighted by Crippen LogP contribution is 2.25. The van der Waals surface area contributed by atoms with Crippen LogP contribution < -0.4 is 10.2 Å². The lowest BCUT2D eigenvalue weighted by atomic mass is 10.1. The van der Waals surface area contributed by atoms with Crippen LogP contribution in [0.2, 0.25) is 5.02 Å². The third-order valence-electron chi connectivity index (χ3n) is 3.02. The largest absolute Gasteiger partial charge is 0.472 e. The molecular weight excluding hydrogens is 260 g/mol. The Hall–Kier alpha value is -1.45. The molecule has 1 N–H and O–H groups in total. The summed E-state index contributed by atoms with van der Waals surface area (Å²) in [5.74, 6) is 0. The smallest absolute Gasteiger partial charge is 0.0952 e. The van der Waals surface area contributed by atoms with Gasteiger partial charge in [-0.25, -0.2) is 0 Å². The molecule has 0 aliphatic heterocycles. The van der Waals surface area contributed by atoms with Crippen molar-refractivity contribution < 1.29 is 4.42 Å². The number of halogens is 1. The van der Waals surface area contributed by atoms with Crippen LogP contribution in [0.25, 0.3) is 0 Å². The first kappa shape index (κ1) is 14.0. The number of hydrogen-bond donors (Lipinski definition) is 1. The molecule has 2 rings (SSSR count). The van der Waals surface area contributed by atoms with E-state index in [9.17, 15) is 0 Å². The van der Waals surface area contributed by atoms with Crippen molar-refractivity contribution >= 4 is 17.3 Å². The third kappa shape index (κ3) is 3.75. The zero-order chi connectivity index (χ0) is 13.7. The Bertz CT molecular complexity index is 511. The zero-order valence-corrected chi connectivity index (χ0v) is 12.1. The van der Waals surface area contributed by atoms with Crippen LogP contribution in [0.5, 0.6) is 0 Å². The van der Waals surface area contributed by atoms with Gasteiger partial charge >= 0.3 is 0 Å². The van der Waals surface area contributed by atoms with E-state index in [1.807, 2.05) is 18.2 Å². The molecule has 0 fully saturated rings. The predicted octanol–water partition coefficient (Wildman–Crippen LogP) is 3.68. The summed E-state index contributed by atoms with van der Waals surface area (Å²) >= 11 is 6.11. The van der Waals surface area contributed by atoms with E-state index in [2.05, 4.69) is 30.3 Å². The lowest BCUT2D eigenvalue weighted by Crippen LogP contribution is -2.20. The molecule has 19 heavy (non-hydrogen) atoms. The van der Waals surface area contributed by atoms with Gasteiger partial charge in [0.25, 0.3) is 0 Å². The first-order chi connectivity index (χ1) is 9.20. The van der Waals surface area contributed by atoms with Gasteiger partial charge in [0.2, 0.25) is 0 Å². The van der Waals surface area contributed by atoms with Crippen molar-refractivity contribution in [3.05, 3.63) is 52.9 Å². The number of nitrogens with zero attached hydrogens (tertiary/aromatic N) is 1. The predicted molar refractivity (Wildman–Crippen MR) is 79.6 cm³/mol. The molecule has 1 aromatic carbocycles. The van der Waals surface area contributed by atoms with Crippen LogP contribution in [-0.4, -0.2) is 13.6 Å². The molecule has 0 amide bonds. The van der Waals surface area contributed by atoms with E-state index in [0.717, 1.165) is 35.9 Å². The first-order valence-electron chi connectivity index (χ1n) is 6.42. The Labute approximate surface area is 119 Å². The maximum atomic E-state index is 6.11. The summed E-state index contributed by atoms with van der Waals surface area (Å²) in [7, 11) is 2.06. The summed E-state index contributed by atoms with van der Waals surface area (Å²) in [5, 5.41) is 4.11. The van der Waals surface area contributed by atoms with Crippen LogP contribution in [0.3, 0.4) is 0 Å². The number of anilines is 1. The molecule has 0 unspecified atom stereocenters. The lowest BCUT2D eigenvalue weighted by molar-refractivity contribution is 0.563. The number of furan rings is 1. The second kappa shape index (κ2) is 6.64. The quantitative estimate of drug-likeness (QED) is 0.874. The molecular formula is C15H19ClN2O. The normalized spacial score (nSPS) is 10.7. The highest BCUT2D eigenvalue weighted by Gasteiger charge is 2.09. The van der Waals surface area contributed by atoms with Crippen molar-refractivity contribution in [1.29, 1.82) is 0 Å². The van der Waals surface area contributed by atoms with E-state index in [-0.39, 0.29) is 0 Å². The van der Waals surface area contributed by atoms with E-state index in [4.69, 9.17) is 16.0 Å². The lowest BCUT2D eigenvalue weighted by Gasteiger charge is -2.22. The minimum atomic E-state index is 0.759. The Balaban J connectivity index is 2.18. The first-order valence-corrected chi connectivity index (χ1v) is 6.80. The topological polar surface area (TPSA) is 28.4 Å². The molecule has 0 atom stereocenters. The average Bonchev–Trinajstić information content (AvgIpc) is 2.90. The van der Waals surface area contributed by atoms with Gasteiger partial charge in [-0.3, -0.25) is 0 Å². The second-order valence-corrected chi connectivity index (χ2v) is 4.98. The molecule has 1 heterocycles. The van der Waals surface area contributed by atoms with Gasteiger partial charge in [-0.2, -0.15) is 0 Å². The van der Waals surface area contributed by atoms with Gasteiger partial charge in [0, 0.05) is 36.4 Å². The maximum absolute atomic E-state index is 6.11. The van der Waals surface area contributed by atoms with Gasteiger partial charge in [0.1, 0.15) is 0 Å². The van der Waals surface area contributed by atoms with Crippen molar-refractivity contribution in [2.75, 3.05) is 18.5 Å². The van der Waals surface area contributed by atoms with Gasteiger partial charge < -0.3 is 14.6 Å². The number of nitrogens with one attached hydrogen (secondary N) is 1. The molecule has 0 spiro atoms. The summed E-state index contributed by atoms with van der Waals surface area (Å²) < 4.78 is 5.11. The average molecular weight is 279 g/mol. The van der Waals surface area contributed by atoms with E-state index >= 15 is 0 Å². The molecule has 0 radical (unpaired) electrons. The standard InChI is InChI=1S/C15H19ClN2O/c1-3-17-9-13-4-5-14(16)8-15(13)18(2)10-12-6-7-19-11-12/h4-8,11,17H,3,9-10H2,1-2H3. The van der Waals surface area contributed by atoms with Gasteiger partial charge in [-0.15, -0.1) is 0 Å². The molecule has 4 heteroatoms. The highest BCUT2D eigenvalue weighted by atomic mass is 35.5. The second-order valence-electron chi connectivity index (χ2n) is 4.54. The Morgan fingerprint density at radius 1 is 1.32 bits per heavy atom. The Morgan fingerprint density at radius 3 is 2.84 bits per heavy atom. The van der Waals surface area contributed by atoms with Crippen molar-refractivity contribution in [2.45, 2.75) is 20.0 Å². The molecule has 0 saturated heterocycles. The number of benzene rings is 1.